The molecule has 5 heterocycles. The van der Waals surface area contributed by atoms with Crippen LogP contribution in [0.3, 0.4) is 0 Å². The molecule has 0 spiro atoms. The fraction of sp³-hybridized carbons (Fsp3) is 1.00. The van der Waals surface area contributed by atoms with Crippen LogP contribution in [0.4, 0.5) is 0 Å². The van der Waals surface area contributed by atoms with Gasteiger partial charge in [0.15, 0.2) is 31.5 Å². The van der Waals surface area contributed by atoms with Crippen LogP contribution in [0.1, 0.15) is 66.7 Å². The molecule has 20 atom stereocenters. The van der Waals surface area contributed by atoms with Crippen molar-refractivity contribution in [2.45, 2.75) is 190 Å². The van der Waals surface area contributed by atoms with Gasteiger partial charge >= 0.3 is 0 Å². The highest BCUT2D eigenvalue weighted by molar-refractivity contribution is 4.91. The van der Waals surface area contributed by atoms with Gasteiger partial charge in [-0.3, -0.25) is 0 Å². The Bertz CT molecular complexity index is 1040. The first-order valence-corrected chi connectivity index (χ1v) is 18.3. The van der Waals surface area contributed by atoms with E-state index in [0.717, 1.165) is 0 Å². The van der Waals surface area contributed by atoms with E-state index in [2.05, 4.69) is 0 Å². The summed E-state index contributed by atoms with van der Waals surface area (Å²) in [5.74, 6) is 0. The SMILES string of the molecule is CO[C@@H]1C[C@H](O[C@@H]2[C@@H](C)O[C@@H](O[C@@H]3[C@@H](C)O[C@@H](O[C@H]4[C@H](C)O[C@H](O[C@H]5[C@H](C)OC(O)C[C@H]5OC)C[C@H]4OC)C[C@H]3OC)C[C@H]2OC)O[C@@H](C)[C@@H]1O. The van der Waals surface area contributed by atoms with Crippen molar-refractivity contribution in [3.8, 4) is 0 Å². The summed E-state index contributed by atoms with van der Waals surface area (Å²) in [7, 11) is 8.08. The topological polar surface area (TPSA) is 170 Å². The molecule has 0 aromatic carbocycles. The Morgan fingerprint density at radius 3 is 0.980 bits per heavy atom. The van der Waals surface area contributed by atoms with E-state index in [1.165, 1.54) is 0 Å². The lowest BCUT2D eigenvalue weighted by atomic mass is 9.98. The summed E-state index contributed by atoms with van der Waals surface area (Å²) >= 11 is 0. The number of rotatable bonds is 13. The minimum Gasteiger partial charge on any atom is -0.388 e. The molecular weight excluding hydrogens is 676 g/mol. The fourth-order valence-electron chi connectivity index (χ4n) is 8.02. The number of aliphatic hydroxyl groups is 2. The molecule has 16 heteroatoms. The van der Waals surface area contributed by atoms with Crippen LogP contribution in [0.25, 0.3) is 0 Å². The summed E-state index contributed by atoms with van der Waals surface area (Å²) < 4.78 is 84.9. The summed E-state index contributed by atoms with van der Waals surface area (Å²) in [5.41, 5.74) is 0. The molecule has 0 radical (unpaired) electrons. The first-order chi connectivity index (χ1) is 24.4. The molecule has 0 aromatic heterocycles. The normalized spacial score (nSPS) is 49.9. The van der Waals surface area contributed by atoms with Crippen molar-refractivity contribution < 1.29 is 76.5 Å². The number of aliphatic hydroxyl groups excluding tert-OH is 2. The van der Waals surface area contributed by atoms with E-state index in [1.807, 2.05) is 27.7 Å². The largest absolute Gasteiger partial charge is 0.388 e. The van der Waals surface area contributed by atoms with Crippen LogP contribution < -0.4 is 0 Å². The molecule has 5 aliphatic heterocycles. The third kappa shape index (κ3) is 9.97. The van der Waals surface area contributed by atoms with Crippen LogP contribution in [0.2, 0.25) is 0 Å². The van der Waals surface area contributed by atoms with E-state index in [-0.39, 0.29) is 42.7 Å². The van der Waals surface area contributed by atoms with Gasteiger partial charge in [-0.1, -0.05) is 0 Å². The van der Waals surface area contributed by atoms with E-state index < -0.39 is 80.3 Å². The van der Waals surface area contributed by atoms with Gasteiger partial charge in [0.05, 0.1) is 61.0 Å². The van der Waals surface area contributed by atoms with Crippen molar-refractivity contribution in [1.82, 2.24) is 0 Å². The van der Waals surface area contributed by atoms with E-state index in [9.17, 15) is 10.2 Å². The monoisotopic (exact) mass is 738 g/mol. The predicted octanol–water partition coefficient (Wildman–Crippen LogP) is 1.63. The fourth-order valence-corrected chi connectivity index (χ4v) is 8.02. The second-order valence-corrected chi connectivity index (χ2v) is 14.3. The van der Waals surface area contributed by atoms with Gasteiger partial charge in [0, 0.05) is 67.7 Å². The van der Waals surface area contributed by atoms with Gasteiger partial charge in [0.1, 0.15) is 30.5 Å². The summed E-state index contributed by atoms with van der Waals surface area (Å²) in [6.07, 6.45) is -7.59. The van der Waals surface area contributed by atoms with Crippen LogP contribution >= 0.6 is 0 Å². The third-order valence-corrected chi connectivity index (χ3v) is 10.9. The Morgan fingerprint density at radius 2 is 0.647 bits per heavy atom. The molecule has 5 rings (SSSR count). The summed E-state index contributed by atoms with van der Waals surface area (Å²) in [6.45, 7) is 9.40. The molecule has 0 aliphatic carbocycles. The molecule has 298 valence electrons. The number of ether oxygens (including phenoxy) is 14. The summed E-state index contributed by atoms with van der Waals surface area (Å²) in [4.78, 5) is 0. The van der Waals surface area contributed by atoms with Crippen molar-refractivity contribution in [1.29, 1.82) is 0 Å². The molecule has 2 N–H and O–H groups in total. The summed E-state index contributed by atoms with van der Waals surface area (Å²) in [6, 6.07) is 0. The Balaban J connectivity index is 1.14. The first kappa shape index (κ1) is 41.5. The molecular formula is C35H62O16. The molecule has 51 heavy (non-hydrogen) atoms. The van der Waals surface area contributed by atoms with Crippen LogP contribution in [0.5, 0.6) is 0 Å². The minimum absolute atomic E-state index is 0.306. The second kappa shape index (κ2) is 18.8. The van der Waals surface area contributed by atoms with Crippen LogP contribution in [-0.2, 0) is 66.3 Å². The van der Waals surface area contributed by atoms with Crippen LogP contribution in [0.15, 0.2) is 0 Å². The van der Waals surface area contributed by atoms with Gasteiger partial charge in [-0.15, -0.1) is 0 Å². The average Bonchev–Trinajstić information content (AvgIpc) is 3.10. The van der Waals surface area contributed by atoms with Crippen molar-refractivity contribution in [2.24, 2.45) is 0 Å². The highest BCUT2D eigenvalue weighted by Crippen LogP contribution is 2.36. The average molecular weight is 739 g/mol. The lowest BCUT2D eigenvalue weighted by Gasteiger charge is -2.47. The Kier molecular flexibility index (Phi) is 15.3. The van der Waals surface area contributed by atoms with Gasteiger partial charge < -0.3 is 76.5 Å². The van der Waals surface area contributed by atoms with E-state index in [1.54, 1.807) is 42.5 Å². The van der Waals surface area contributed by atoms with Crippen LogP contribution in [-0.4, -0.2) is 169 Å². The Morgan fingerprint density at radius 1 is 0.373 bits per heavy atom. The molecule has 5 fully saturated rings. The third-order valence-electron chi connectivity index (χ3n) is 10.9. The molecule has 0 saturated carbocycles. The summed E-state index contributed by atoms with van der Waals surface area (Å²) in [5, 5.41) is 20.4. The Hall–Kier alpha value is -0.640. The highest BCUT2D eigenvalue weighted by atomic mass is 16.8. The molecule has 0 amide bonds. The number of hydrogen-bond donors (Lipinski definition) is 2. The highest BCUT2D eigenvalue weighted by Gasteiger charge is 2.48. The smallest absolute Gasteiger partial charge is 0.161 e. The minimum atomic E-state index is -0.903. The molecule has 1 unspecified atom stereocenters. The van der Waals surface area contributed by atoms with Crippen molar-refractivity contribution >= 4 is 0 Å². The molecule has 5 saturated heterocycles. The molecule has 0 bridgehead atoms. The van der Waals surface area contributed by atoms with E-state index >= 15 is 0 Å². The zero-order valence-electron chi connectivity index (χ0n) is 31.7. The van der Waals surface area contributed by atoms with E-state index in [0.29, 0.717) is 32.1 Å². The number of hydrogen-bond acceptors (Lipinski definition) is 16. The maximum absolute atomic E-state index is 10.4. The predicted molar refractivity (Wildman–Crippen MR) is 176 cm³/mol. The van der Waals surface area contributed by atoms with Gasteiger partial charge in [-0.05, 0) is 34.6 Å². The van der Waals surface area contributed by atoms with Gasteiger partial charge in [-0.25, -0.2) is 0 Å². The van der Waals surface area contributed by atoms with Crippen LogP contribution in [0, 0.1) is 0 Å². The lowest BCUT2D eigenvalue weighted by molar-refractivity contribution is -0.351. The zero-order valence-corrected chi connectivity index (χ0v) is 31.7. The number of methoxy groups -OCH3 is 5. The van der Waals surface area contributed by atoms with Crippen molar-refractivity contribution in [2.75, 3.05) is 35.5 Å². The first-order valence-electron chi connectivity index (χ1n) is 18.3. The second-order valence-electron chi connectivity index (χ2n) is 14.3. The quantitative estimate of drug-likeness (QED) is 0.279. The maximum Gasteiger partial charge on any atom is 0.161 e. The van der Waals surface area contributed by atoms with Crippen molar-refractivity contribution in [3.05, 3.63) is 0 Å². The van der Waals surface area contributed by atoms with Gasteiger partial charge in [0.2, 0.25) is 0 Å². The zero-order chi connectivity index (χ0) is 37.0. The van der Waals surface area contributed by atoms with E-state index in [4.69, 9.17) is 66.3 Å². The Labute approximate surface area is 301 Å². The maximum atomic E-state index is 10.4. The molecule has 16 nitrogen and oxygen atoms in total. The lowest BCUT2D eigenvalue weighted by Crippen LogP contribution is -2.58. The molecule has 5 aliphatic rings. The molecule has 0 aromatic rings. The van der Waals surface area contributed by atoms with Gasteiger partial charge in [0.25, 0.3) is 0 Å². The standard InChI is InChI=1S/C35H62O16/c1-16-31(37)21(38-6)12-27(44-16)48-33-18(3)46-29(14-23(33)40-8)50-35-20(5)47-30(15-25(35)42-10)51-34-19(4)45-28(13-24(34)41-9)49-32-17(2)43-26(36)11-22(32)39-7/h16-37H,11-15H2,1-10H3/t16-,17-,18+,19-,20+,21+,22+,23+,24+,25+,26?,27-,28+,29-,30-,31-,32-,33+,34-,35+/m0/s1. The van der Waals surface area contributed by atoms with Crippen molar-refractivity contribution in [3.63, 3.8) is 0 Å². The van der Waals surface area contributed by atoms with Gasteiger partial charge in [-0.2, -0.15) is 0 Å².